The molecule has 5 heteroatoms. The van der Waals surface area contributed by atoms with Gasteiger partial charge in [-0.3, -0.25) is 4.79 Å². The molecule has 33 heavy (non-hydrogen) atoms. The Hall–Kier alpha value is -2.53. The maximum absolute atomic E-state index is 12.1. The minimum Gasteiger partial charge on any atom is -0.508 e. The summed E-state index contributed by atoms with van der Waals surface area (Å²) in [5.74, 6) is 1.77. The Bertz CT molecular complexity index is 758. The van der Waals surface area contributed by atoms with Crippen molar-refractivity contribution in [3.63, 3.8) is 0 Å². The molecule has 2 aromatic carbocycles. The second-order valence-corrected chi connectivity index (χ2v) is 7.09. The second kappa shape index (κ2) is 18.0. The molecule has 0 radical (unpaired) electrons. The summed E-state index contributed by atoms with van der Waals surface area (Å²) in [5.41, 5.74) is 3.17. The summed E-state index contributed by atoms with van der Waals surface area (Å²) in [6.07, 6.45) is 3.44. The van der Waals surface area contributed by atoms with Crippen molar-refractivity contribution in [3.05, 3.63) is 53.1 Å². The van der Waals surface area contributed by atoms with Gasteiger partial charge >= 0.3 is 0 Å². The lowest BCUT2D eigenvalue weighted by atomic mass is 10.0. The Morgan fingerprint density at radius 3 is 2.12 bits per heavy atom. The number of carbonyl (C=O) groups excluding carboxylic acids is 1. The number of hydrogen-bond donors (Lipinski definition) is 2. The van der Waals surface area contributed by atoms with Crippen molar-refractivity contribution in [1.82, 2.24) is 5.32 Å². The molecule has 0 bridgehead atoms. The molecule has 0 spiro atoms. The Kier molecular flexibility index (Phi) is 16.6. The lowest BCUT2D eigenvalue weighted by Crippen LogP contribution is -2.31. The standard InChI is InChI=1S/C22H27NO4.3C2H6/c1-15-12-17(5-10-21(25)23-14-20-4-3-11-26-20)13-16(2)22(15)27-19-8-6-18(24)7-9-19;3*1-2/h6-9,12-13,20,24H,3-5,10-11,14H2,1-2H3,(H,23,25);3*1-2H3. The SMILES string of the molecule is CC.CC.CC.Cc1cc(CCC(=O)NCC2CCCO2)cc(C)c1Oc1ccc(O)cc1. The van der Waals surface area contributed by atoms with E-state index in [0.717, 1.165) is 41.9 Å². The number of ether oxygens (including phenoxy) is 2. The van der Waals surface area contributed by atoms with Crippen LogP contribution in [0.3, 0.4) is 0 Å². The van der Waals surface area contributed by atoms with Crippen molar-refractivity contribution in [3.8, 4) is 17.2 Å². The number of hydrogen-bond acceptors (Lipinski definition) is 4. The molecule has 1 aliphatic rings. The van der Waals surface area contributed by atoms with Crippen molar-refractivity contribution in [1.29, 1.82) is 0 Å². The molecular weight excluding hydrogens is 414 g/mol. The van der Waals surface area contributed by atoms with Crippen LogP contribution in [0.1, 0.15) is 77.5 Å². The van der Waals surface area contributed by atoms with Crippen LogP contribution in [0.2, 0.25) is 0 Å². The Morgan fingerprint density at radius 2 is 1.61 bits per heavy atom. The van der Waals surface area contributed by atoms with E-state index < -0.39 is 0 Å². The van der Waals surface area contributed by atoms with Crippen molar-refractivity contribution < 1.29 is 19.4 Å². The van der Waals surface area contributed by atoms with Gasteiger partial charge in [0.1, 0.15) is 17.2 Å². The number of rotatable bonds is 7. The minimum atomic E-state index is 0.0604. The molecular formula is C28H45NO4. The molecule has 5 nitrogen and oxygen atoms in total. The summed E-state index contributed by atoms with van der Waals surface area (Å²) in [5, 5.41) is 12.3. The van der Waals surface area contributed by atoms with E-state index >= 15 is 0 Å². The van der Waals surface area contributed by atoms with Crippen LogP contribution in [0, 0.1) is 13.8 Å². The molecule has 186 valence electrons. The highest BCUT2D eigenvalue weighted by Crippen LogP contribution is 2.31. The lowest BCUT2D eigenvalue weighted by Gasteiger charge is -2.14. The first-order valence-corrected chi connectivity index (χ1v) is 12.5. The van der Waals surface area contributed by atoms with E-state index in [4.69, 9.17) is 9.47 Å². The van der Waals surface area contributed by atoms with Gasteiger partial charge in [-0.25, -0.2) is 0 Å². The molecule has 1 amide bonds. The first-order valence-electron chi connectivity index (χ1n) is 12.5. The predicted octanol–water partition coefficient (Wildman–Crippen LogP) is 7.11. The number of nitrogens with one attached hydrogen (secondary N) is 1. The molecule has 1 aliphatic heterocycles. The average molecular weight is 460 g/mol. The van der Waals surface area contributed by atoms with Gasteiger partial charge in [0.15, 0.2) is 0 Å². The number of carbonyl (C=O) groups is 1. The lowest BCUT2D eigenvalue weighted by molar-refractivity contribution is -0.121. The smallest absolute Gasteiger partial charge is 0.220 e. The molecule has 1 fully saturated rings. The summed E-state index contributed by atoms with van der Waals surface area (Å²) in [6.45, 7) is 17.4. The van der Waals surface area contributed by atoms with Crippen LogP contribution in [0.15, 0.2) is 36.4 Å². The number of amides is 1. The zero-order chi connectivity index (χ0) is 25.2. The van der Waals surface area contributed by atoms with Gasteiger partial charge in [0.25, 0.3) is 0 Å². The van der Waals surface area contributed by atoms with Crippen LogP contribution in [0.4, 0.5) is 0 Å². The number of phenols is 1. The third-order valence-electron chi connectivity index (χ3n) is 4.77. The largest absolute Gasteiger partial charge is 0.508 e. The maximum atomic E-state index is 12.1. The molecule has 2 N–H and O–H groups in total. The van der Waals surface area contributed by atoms with E-state index in [-0.39, 0.29) is 17.8 Å². The van der Waals surface area contributed by atoms with E-state index in [2.05, 4.69) is 17.4 Å². The summed E-state index contributed by atoms with van der Waals surface area (Å²) in [6, 6.07) is 10.8. The Balaban J connectivity index is 0.00000158. The van der Waals surface area contributed by atoms with Crippen LogP contribution < -0.4 is 10.1 Å². The first-order chi connectivity index (χ1) is 16.0. The van der Waals surface area contributed by atoms with E-state index in [1.54, 1.807) is 24.3 Å². The third kappa shape index (κ3) is 11.2. The van der Waals surface area contributed by atoms with Gasteiger partial charge in [-0.1, -0.05) is 53.7 Å². The van der Waals surface area contributed by atoms with Gasteiger partial charge in [0.05, 0.1) is 6.10 Å². The number of benzene rings is 2. The summed E-state index contributed by atoms with van der Waals surface area (Å²) < 4.78 is 11.5. The summed E-state index contributed by atoms with van der Waals surface area (Å²) in [7, 11) is 0. The normalized spacial score (nSPS) is 13.9. The van der Waals surface area contributed by atoms with E-state index in [1.165, 1.54) is 0 Å². The minimum absolute atomic E-state index is 0.0604. The van der Waals surface area contributed by atoms with Gasteiger partial charge in [-0.15, -0.1) is 0 Å². The van der Waals surface area contributed by atoms with Crippen molar-refractivity contribution in [2.45, 2.75) is 87.2 Å². The third-order valence-corrected chi connectivity index (χ3v) is 4.77. The van der Waals surface area contributed by atoms with Gasteiger partial charge < -0.3 is 19.9 Å². The molecule has 2 aromatic rings. The fraction of sp³-hybridized carbons (Fsp3) is 0.536. The monoisotopic (exact) mass is 459 g/mol. The molecule has 1 atom stereocenters. The molecule has 0 aliphatic carbocycles. The molecule has 1 unspecified atom stereocenters. The number of phenolic OH excluding ortho intramolecular Hbond substituents is 1. The molecule has 0 aromatic heterocycles. The molecule has 1 heterocycles. The molecule has 1 saturated heterocycles. The van der Waals surface area contributed by atoms with E-state index in [1.807, 2.05) is 55.4 Å². The zero-order valence-electron chi connectivity index (χ0n) is 22.0. The van der Waals surface area contributed by atoms with Crippen molar-refractivity contribution in [2.75, 3.05) is 13.2 Å². The first kappa shape index (κ1) is 30.5. The maximum Gasteiger partial charge on any atom is 0.220 e. The fourth-order valence-electron chi connectivity index (χ4n) is 3.36. The van der Waals surface area contributed by atoms with E-state index in [9.17, 15) is 9.90 Å². The number of aryl methyl sites for hydroxylation is 3. The molecule has 3 rings (SSSR count). The van der Waals surface area contributed by atoms with Crippen LogP contribution in [-0.4, -0.2) is 30.3 Å². The topological polar surface area (TPSA) is 67.8 Å². The second-order valence-electron chi connectivity index (χ2n) is 7.09. The number of aromatic hydroxyl groups is 1. The van der Waals surface area contributed by atoms with Crippen LogP contribution in [0.5, 0.6) is 17.2 Å². The van der Waals surface area contributed by atoms with Gasteiger partial charge in [-0.2, -0.15) is 0 Å². The van der Waals surface area contributed by atoms with E-state index in [0.29, 0.717) is 25.1 Å². The summed E-state index contributed by atoms with van der Waals surface area (Å²) in [4.78, 5) is 12.1. The molecule has 0 saturated carbocycles. The summed E-state index contributed by atoms with van der Waals surface area (Å²) >= 11 is 0. The average Bonchev–Trinajstić information content (AvgIpc) is 3.37. The van der Waals surface area contributed by atoms with Gasteiger partial charge in [0.2, 0.25) is 5.91 Å². The van der Waals surface area contributed by atoms with Gasteiger partial charge in [0, 0.05) is 19.6 Å². The predicted molar refractivity (Wildman–Crippen MR) is 138 cm³/mol. The quantitative estimate of drug-likeness (QED) is 0.463. The highest BCUT2D eigenvalue weighted by molar-refractivity contribution is 5.76. The van der Waals surface area contributed by atoms with Crippen molar-refractivity contribution >= 4 is 5.91 Å². The van der Waals surface area contributed by atoms with Crippen LogP contribution >= 0.6 is 0 Å². The zero-order valence-corrected chi connectivity index (χ0v) is 22.0. The van der Waals surface area contributed by atoms with Crippen LogP contribution in [0.25, 0.3) is 0 Å². The fourth-order valence-corrected chi connectivity index (χ4v) is 3.36. The highest BCUT2D eigenvalue weighted by atomic mass is 16.5. The Labute approximate surface area is 201 Å². The van der Waals surface area contributed by atoms with Gasteiger partial charge in [-0.05, 0) is 74.1 Å². The highest BCUT2D eigenvalue weighted by Gasteiger charge is 2.16. The van der Waals surface area contributed by atoms with Crippen LogP contribution in [-0.2, 0) is 16.0 Å². The Morgan fingerprint density at radius 1 is 1.03 bits per heavy atom. The van der Waals surface area contributed by atoms with Crippen molar-refractivity contribution in [2.24, 2.45) is 0 Å².